The number of hydrogen-bond acceptors (Lipinski definition) is 5. The second-order valence-electron chi connectivity index (χ2n) is 6.22. The summed E-state index contributed by atoms with van der Waals surface area (Å²) in [6.07, 6.45) is 3.51. The molecule has 5 nitrogen and oxygen atoms in total. The largest absolute Gasteiger partial charge is 0.494 e. The van der Waals surface area contributed by atoms with Crippen LogP contribution in [0.3, 0.4) is 0 Å². The van der Waals surface area contributed by atoms with E-state index < -0.39 is 0 Å². The van der Waals surface area contributed by atoms with Crippen LogP contribution in [0.15, 0.2) is 78.2 Å². The van der Waals surface area contributed by atoms with E-state index in [1.54, 1.807) is 24.2 Å². The first kappa shape index (κ1) is 19.5. The molecule has 2 aromatic carbocycles. The van der Waals surface area contributed by atoms with Crippen LogP contribution in [-0.4, -0.2) is 26.4 Å². The summed E-state index contributed by atoms with van der Waals surface area (Å²) in [5.74, 6) is 2.35. The molecule has 0 radical (unpaired) electrons. The normalized spacial score (nSPS) is 10.8. The molecule has 0 amide bonds. The second-order valence-corrected chi connectivity index (χ2v) is 7.60. The Kier molecular flexibility index (Phi) is 6.12. The highest BCUT2D eigenvalue weighted by molar-refractivity contribution is 7.98. The average Bonchev–Trinajstić information content (AvgIpc) is 3.18. The van der Waals surface area contributed by atoms with Crippen LogP contribution in [0.1, 0.15) is 12.5 Å². The molecule has 4 rings (SSSR count). The number of thioether (sulfide) groups is 1. The summed E-state index contributed by atoms with van der Waals surface area (Å²) >= 11 is 7.74. The van der Waals surface area contributed by atoms with E-state index in [4.69, 9.17) is 16.3 Å². The first-order valence-corrected chi connectivity index (χ1v) is 10.6. The third-order valence-electron chi connectivity index (χ3n) is 4.23. The molecule has 2 aromatic heterocycles. The van der Waals surface area contributed by atoms with E-state index in [1.807, 2.05) is 61.5 Å². The number of hydrogen-bond donors (Lipinski definition) is 0. The number of benzene rings is 2. The second kappa shape index (κ2) is 9.11. The Bertz CT molecular complexity index is 1080. The van der Waals surface area contributed by atoms with Crippen LogP contribution in [0, 0.1) is 0 Å². The van der Waals surface area contributed by atoms with Crippen LogP contribution in [0.2, 0.25) is 5.02 Å². The van der Waals surface area contributed by atoms with Gasteiger partial charge in [0.05, 0.1) is 6.61 Å². The average molecular weight is 423 g/mol. The maximum absolute atomic E-state index is 6.12. The van der Waals surface area contributed by atoms with E-state index >= 15 is 0 Å². The van der Waals surface area contributed by atoms with Gasteiger partial charge in [0.25, 0.3) is 0 Å². The molecule has 0 bridgehead atoms. The van der Waals surface area contributed by atoms with Crippen molar-refractivity contribution < 1.29 is 4.74 Å². The van der Waals surface area contributed by atoms with Gasteiger partial charge in [-0.3, -0.25) is 9.55 Å². The lowest BCUT2D eigenvalue weighted by Crippen LogP contribution is -2.00. The summed E-state index contributed by atoms with van der Waals surface area (Å²) < 4.78 is 7.63. The van der Waals surface area contributed by atoms with E-state index in [0.717, 1.165) is 44.3 Å². The van der Waals surface area contributed by atoms with Crippen LogP contribution in [-0.2, 0) is 5.75 Å². The molecule has 0 spiro atoms. The van der Waals surface area contributed by atoms with E-state index in [9.17, 15) is 0 Å². The highest BCUT2D eigenvalue weighted by Gasteiger charge is 2.16. The van der Waals surface area contributed by atoms with Crippen molar-refractivity contribution in [2.45, 2.75) is 17.8 Å². The standard InChI is InChI=1S/C22H19ClN4OS/c1-2-28-20-8-6-19(7-9-20)27-21(17-10-12-24-13-11-17)25-26-22(27)29-15-16-4-3-5-18(23)14-16/h3-14H,2,15H2,1H3. The Morgan fingerprint density at radius 2 is 1.79 bits per heavy atom. The molecule has 0 saturated carbocycles. The Morgan fingerprint density at radius 3 is 2.52 bits per heavy atom. The number of nitrogens with zero attached hydrogens (tertiary/aromatic N) is 4. The fourth-order valence-corrected chi connectivity index (χ4v) is 4.02. The van der Waals surface area contributed by atoms with E-state index in [1.165, 1.54) is 0 Å². The molecule has 0 atom stereocenters. The first-order valence-electron chi connectivity index (χ1n) is 9.21. The number of halogens is 1. The van der Waals surface area contributed by atoms with E-state index in [2.05, 4.69) is 25.8 Å². The third kappa shape index (κ3) is 4.60. The number of aromatic nitrogens is 4. The van der Waals surface area contributed by atoms with Crippen LogP contribution in [0.4, 0.5) is 0 Å². The minimum absolute atomic E-state index is 0.634. The minimum atomic E-state index is 0.634. The molecule has 0 fully saturated rings. The highest BCUT2D eigenvalue weighted by atomic mass is 35.5. The van der Waals surface area contributed by atoms with Crippen LogP contribution in [0.25, 0.3) is 17.1 Å². The first-order chi connectivity index (χ1) is 14.2. The maximum atomic E-state index is 6.12. The van der Waals surface area contributed by atoms with Gasteiger partial charge in [-0.25, -0.2) is 0 Å². The lowest BCUT2D eigenvalue weighted by molar-refractivity contribution is 0.340. The van der Waals surface area contributed by atoms with Gasteiger partial charge in [0.15, 0.2) is 11.0 Å². The van der Waals surface area contributed by atoms with E-state index in [0.29, 0.717) is 6.61 Å². The third-order valence-corrected chi connectivity index (χ3v) is 5.47. The minimum Gasteiger partial charge on any atom is -0.494 e. The molecule has 0 saturated heterocycles. The zero-order valence-corrected chi connectivity index (χ0v) is 17.4. The van der Waals surface area contributed by atoms with Crippen molar-refractivity contribution in [3.05, 3.63) is 83.6 Å². The summed E-state index contributed by atoms with van der Waals surface area (Å²) in [4.78, 5) is 4.10. The van der Waals surface area contributed by atoms with Crippen LogP contribution in [0.5, 0.6) is 5.75 Å². The Labute approximate surface area is 178 Å². The van der Waals surface area contributed by atoms with Gasteiger partial charge >= 0.3 is 0 Å². The molecule has 2 heterocycles. The Balaban J connectivity index is 1.70. The monoisotopic (exact) mass is 422 g/mol. The van der Waals surface area contributed by atoms with Crippen molar-refractivity contribution in [1.29, 1.82) is 0 Å². The zero-order chi connectivity index (χ0) is 20.1. The molecular formula is C22H19ClN4OS. The van der Waals surface area contributed by atoms with Crippen LogP contribution >= 0.6 is 23.4 Å². The van der Waals surface area contributed by atoms with Gasteiger partial charge in [0.2, 0.25) is 0 Å². The zero-order valence-electron chi connectivity index (χ0n) is 15.8. The SMILES string of the molecule is CCOc1ccc(-n2c(SCc3cccc(Cl)c3)nnc2-c2ccncc2)cc1. The molecule has 0 aliphatic carbocycles. The van der Waals surface area contributed by atoms with Gasteiger partial charge in [-0.15, -0.1) is 10.2 Å². The van der Waals surface area contributed by atoms with Crippen molar-refractivity contribution in [3.8, 4) is 22.8 Å². The summed E-state index contributed by atoms with van der Waals surface area (Å²) in [6.45, 7) is 2.61. The van der Waals surface area contributed by atoms with Crippen molar-refractivity contribution in [2.75, 3.05) is 6.61 Å². The lowest BCUT2D eigenvalue weighted by Gasteiger charge is -2.11. The summed E-state index contributed by atoms with van der Waals surface area (Å²) in [5.41, 5.74) is 3.06. The fourth-order valence-electron chi connectivity index (χ4n) is 2.92. The van der Waals surface area contributed by atoms with Crippen molar-refractivity contribution >= 4 is 23.4 Å². The molecule has 146 valence electrons. The van der Waals surface area contributed by atoms with E-state index in [-0.39, 0.29) is 0 Å². The maximum Gasteiger partial charge on any atom is 0.196 e. The van der Waals surface area contributed by atoms with Gasteiger partial charge in [-0.05, 0) is 61.0 Å². The van der Waals surface area contributed by atoms with Gasteiger partial charge < -0.3 is 4.74 Å². The highest BCUT2D eigenvalue weighted by Crippen LogP contribution is 2.30. The summed E-state index contributed by atoms with van der Waals surface area (Å²) in [6, 6.07) is 19.7. The fraction of sp³-hybridized carbons (Fsp3) is 0.136. The predicted molar refractivity (Wildman–Crippen MR) is 117 cm³/mol. The predicted octanol–water partition coefficient (Wildman–Crippen LogP) is 5.67. The molecule has 4 aromatic rings. The topological polar surface area (TPSA) is 52.8 Å². The smallest absolute Gasteiger partial charge is 0.196 e. The van der Waals surface area contributed by atoms with Crippen molar-refractivity contribution in [1.82, 2.24) is 19.7 Å². The lowest BCUT2D eigenvalue weighted by atomic mass is 10.2. The number of rotatable bonds is 7. The molecule has 0 N–H and O–H groups in total. The quantitative estimate of drug-likeness (QED) is 0.359. The van der Waals surface area contributed by atoms with Gasteiger partial charge in [-0.1, -0.05) is 35.5 Å². The summed E-state index contributed by atoms with van der Waals surface area (Å²) in [5, 5.41) is 10.5. The van der Waals surface area contributed by atoms with Crippen LogP contribution < -0.4 is 4.74 Å². The van der Waals surface area contributed by atoms with Gasteiger partial charge in [0.1, 0.15) is 5.75 Å². The van der Waals surface area contributed by atoms with Crippen molar-refractivity contribution in [3.63, 3.8) is 0 Å². The number of pyridine rings is 1. The molecular weight excluding hydrogens is 404 g/mol. The molecule has 0 aliphatic rings. The molecule has 29 heavy (non-hydrogen) atoms. The Hall–Kier alpha value is -2.83. The Morgan fingerprint density at radius 1 is 1.00 bits per heavy atom. The number of ether oxygens (including phenoxy) is 1. The summed E-state index contributed by atoms with van der Waals surface area (Å²) in [7, 11) is 0. The van der Waals surface area contributed by atoms with Gasteiger partial charge in [0, 0.05) is 34.4 Å². The molecule has 7 heteroatoms. The van der Waals surface area contributed by atoms with Gasteiger partial charge in [-0.2, -0.15) is 0 Å². The molecule has 0 unspecified atom stereocenters. The van der Waals surface area contributed by atoms with Crippen molar-refractivity contribution in [2.24, 2.45) is 0 Å². The molecule has 0 aliphatic heterocycles.